The van der Waals surface area contributed by atoms with Crippen molar-refractivity contribution in [1.29, 1.82) is 0 Å². The zero-order valence-corrected chi connectivity index (χ0v) is 12.3. The Bertz CT molecular complexity index is 326. The van der Waals surface area contributed by atoms with Crippen molar-refractivity contribution in [2.24, 2.45) is 0 Å². The molecule has 0 aromatic rings. The van der Waals surface area contributed by atoms with Crippen molar-refractivity contribution in [2.75, 3.05) is 13.1 Å². The molecule has 1 atom stereocenters. The van der Waals surface area contributed by atoms with Crippen LogP contribution in [0.15, 0.2) is 0 Å². The quantitative estimate of drug-likeness (QED) is 0.585. The zero-order chi connectivity index (χ0) is 14.3. The van der Waals surface area contributed by atoms with Gasteiger partial charge in [0.25, 0.3) is 0 Å². The number of rotatable bonds is 7. The third-order valence-corrected chi connectivity index (χ3v) is 4.57. The van der Waals surface area contributed by atoms with E-state index in [9.17, 15) is 14.5 Å². The molecular formula is C11H23N2O4P. The monoisotopic (exact) mass is 278 g/mol. The van der Waals surface area contributed by atoms with Gasteiger partial charge < -0.3 is 20.1 Å². The number of amides is 2. The highest BCUT2D eigenvalue weighted by Crippen LogP contribution is 2.47. The molecule has 0 saturated carbocycles. The van der Waals surface area contributed by atoms with E-state index < -0.39 is 13.4 Å². The van der Waals surface area contributed by atoms with Crippen LogP contribution >= 0.6 is 7.34 Å². The molecule has 3 N–H and O–H groups in total. The predicted octanol–water partition coefficient (Wildman–Crippen LogP) is 0.324. The predicted molar refractivity (Wildman–Crippen MR) is 73.6 cm³/mol. The first-order valence-electron chi connectivity index (χ1n) is 5.78. The lowest BCUT2D eigenvalue weighted by atomic mass is 10.3. The summed E-state index contributed by atoms with van der Waals surface area (Å²) in [5.41, 5.74) is -0.102. The third-order valence-electron chi connectivity index (χ3n) is 2.30. The molecule has 0 fully saturated rings. The summed E-state index contributed by atoms with van der Waals surface area (Å²) in [6.45, 7) is 6.86. The van der Waals surface area contributed by atoms with Crippen LogP contribution in [0.2, 0.25) is 0 Å². The van der Waals surface area contributed by atoms with E-state index in [-0.39, 0.29) is 30.6 Å². The van der Waals surface area contributed by atoms with Crippen LogP contribution in [0.25, 0.3) is 0 Å². The molecule has 0 aromatic carbocycles. The highest BCUT2D eigenvalue weighted by molar-refractivity contribution is 7.64. The molecule has 0 rings (SSSR count). The van der Waals surface area contributed by atoms with E-state index in [0.29, 0.717) is 0 Å². The van der Waals surface area contributed by atoms with Gasteiger partial charge in [-0.3, -0.25) is 9.59 Å². The molecule has 7 heteroatoms. The van der Waals surface area contributed by atoms with Crippen molar-refractivity contribution in [1.82, 2.24) is 10.6 Å². The lowest BCUT2D eigenvalue weighted by molar-refractivity contribution is -0.119. The van der Waals surface area contributed by atoms with Gasteiger partial charge in [0.15, 0.2) is 0 Å². The normalized spacial score (nSPS) is 14.4. The molecule has 0 spiro atoms. The van der Waals surface area contributed by atoms with Crippen LogP contribution in [0.1, 0.15) is 27.7 Å². The number of hydrogen-bond donors (Lipinski definition) is 3. The summed E-state index contributed by atoms with van der Waals surface area (Å²) in [7, 11) is -2.74. The van der Waals surface area contributed by atoms with E-state index in [1.165, 1.54) is 13.8 Å². The zero-order valence-electron chi connectivity index (χ0n) is 11.4. The van der Waals surface area contributed by atoms with E-state index in [2.05, 4.69) is 16.9 Å². The van der Waals surface area contributed by atoms with Crippen molar-refractivity contribution in [2.45, 2.75) is 39.5 Å². The molecular weight excluding hydrogens is 255 g/mol. The highest BCUT2D eigenvalue weighted by Gasteiger charge is 2.22. The van der Waals surface area contributed by atoms with Gasteiger partial charge in [0, 0.05) is 32.6 Å². The lowest BCUT2D eigenvalue weighted by Crippen LogP contribution is -2.40. The molecule has 2 amide bonds. The number of carbonyl (C=O) groups is 2. The van der Waals surface area contributed by atoms with Gasteiger partial charge in [-0.15, -0.1) is 0 Å². The first-order valence-corrected chi connectivity index (χ1v) is 7.69. The minimum absolute atomic E-state index is 0.102. The topological polar surface area (TPSA) is 87.7 Å². The fourth-order valence-electron chi connectivity index (χ4n) is 1.04. The maximum atomic E-state index is 10.9. The number of carbonyl (C=O) groups excluding carboxylic acids is 2. The van der Waals surface area contributed by atoms with Crippen LogP contribution in [-0.4, -0.2) is 47.9 Å². The van der Waals surface area contributed by atoms with Gasteiger partial charge in [-0.1, -0.05) is 20.1 Å². The molecule has 106 valence electrons. The van der Waals surface area contributed by atoms with Gasteiger partial charge in [0.05, 0.1) is 6.10 Å². The van der Waals surface area contributed by atoms with Gasteiger partial charge in [0.1, 0.15) is 7.34 Å². The van der Waals surface area contributed by atoms with Crippen LogP contribution in [-0.2, 0) is 14.1 Å². The van der Waals surface area contributed by atoms with Crippen molar-refractivity contribution >= 4 is 25.5 Å². The summed E-state index contributed by atoms with van der Waals surface area (Å²) in [5.74, 6) is -0.385. The SMILES string of the molecule is C=P(O)(OC(CNC(C)=O)CNC(C)=O)C(C)C. The van der Waals surface area contributed by atoms with E-state index in [0.717, 1.165) is 0 Å². The van der Waals surface area contributed by atoms with Crippen molar-refractivity contribution in [3.8, 4) is 0 Å². The molecule has 18 heavy (non-hydrogen) atoms. The molecule has 1 unspecified atom stereocenters. The van der Waals surface area contributed by atoms with Crippen LogP contribution < -0.4 is 10.6 Å². The lowest BCUT2D eigenvalue weighted by Gasteiger charge is -2.28. The van der Waals surface area contributed by atoms with Crippen molar-refractivity contribution in [3.63, 3.8) is 0 Å². The molecule has 0 heterocycles. The summed E-state index contributed by atoms with van der Waals surface area (Å²) in [5, 5.41) is 5.19. The van der Waals surface area contributed by atoms with Crippen molar-refractivity contribution < 1.29 is 19.0 Å². The van der Waals surface area contributed by atoms with Crippen molar-refractivity contribution in [3.05, 3.63) is 0 Å². The Morgan fingerprint density at radius 3 is 1.89 bits per heavy atom. The standard InChI is InChI=1S/C11H23N2O4P/c1-8(2)18(5,16)17-11(6-12-9(3)14)7-13-10(4)15/h8,11,16H,5-7H2,1-4H3,(H,12,14)(H,13,15). The number of hydrogen-bond acceptors (Lipinski definition) is 4. The largest absolute Gasteiger partial charge is 0.354 e. The minimum atomic E-state index is -2.74. The Morgan fingerprint density at radius 1 is 1.22 bits per heavy atom. The van der Waals surface area contributed by atoms with E-state index in [1.54, 1.807) is 0 Å². The van der Waals surface area contributed by atoms with Gasteiger partial charge >= 0.3 is 0 Å². The Labute approximate surface area is 108 Å². The van der Waals surface area contributed by atoms with Crippen LogP contribution in [0.5, 0.6) is 0 Å². The highest BCUT2D eigenvalue weighted by atomic mass is 31.2. The summed E-state index contributed by atoms with van der Waals surface area (Å²) >= 11 is 0. The summed E-state index contributed by atoms with van der Waals surface area (Å²) in [6, 6.07) is 0. The average molecular weight is 278 g/mol. The Kier molecular flexibility index (Phi) is 7.21. The average Bonchev–Trinajstić information content (AvgIpc) is 2.21. The van der Waals surface area contributed by atoms with Crippen LogP contribution in [0.4, 0.5) is 0 Å². The van der Waals surface area contributed by atoms with Crippen LogP contribution in [0, 0.1) is 0 Å². The smallest absolute Gasteiger partial charge is 0.216 e. The molecule has 0 bridgehead atoms. The number of nitrogens with one attached hydrogen (secondary N) is 2. The molecule has 0 aliphatic heterocycles. The Morgan fingerprint density at radius 2 is 1.61 bits per heavy atom. The van der Waals surface area contributed by atoms with Crippen LogP contribution in [0.3, 0.4) is 0 Å². The second-order valence-electron chi connectivity index (χ2n) is 4.45. The van der Waals surface area contributed by atoms with Gasteiger partial charge in [-0.2, -0.15) is 0 Å². The second kappa shape index (κ2) is 7.56. The van der Waals surface area contributed by atoms with E-state index in [1.807, 2.05) is 13.8 Å². The Hall–Kier alpha value is -0.840. The maximum absolute atomic E-state index is 10.9. The summed E-state index contributed by atoms with van der Waals surface area (Å²) in [6.07, 6.45) is 3.19. The van der Waals surface area contributed by atoms with Gasteiger partial charge in [0.2, 0.25) is 11.8 Å². The van der Waals surface area contributed by atoms with E-state index in [4.69, 9.17) is 4.52 Å². The van der Waals surface area contributed by atoms with Gasteiger partial charge in [-0.05, 0) is 0 Å². The first kappa shape index (κ1) is 17.2. The minimum Gasteiger partial charge on any atom is -0.354 e. The molecule has 6 nitrogen and oxygen atoms in total. The Balaban J connectivity index is 4.50. The molecule has 0 saturated heterocycles. The fraction of sp³-hybridized carbons (Fsp3) is 0.727. The molecule has 0 aromatic heterocycles. The molecule has 0 aliphatic carbocycles. The maximum Gasteiger partial charge on any atom is 0.216 e. The summed E-state index contributed by atoms with van der Waals surface area (Å²) in [4.78, 5) is 31.8. The summed E-state index contributed by atoms with van der Waals surface area (Å²) < 4.78 is 5.53. The molecule has 0 radical (unpaired) electrons. The fourth-order valence-corrected chi connectivity index (χ4v) is 1.95. The van der Waals surface area contributed by atoms with Gasteiger partial charge in [-0.25, -0.2) is 0 Å². The molecule has 0 aliphatic rings. The second-order valence-corrected chi connectivity index (χ2v) is 7.21. The van der Waals surface area contributed by atoms with E-state index >= 15 is 0 Å². The first-order chi connectivity index (χ1) is 8.15. The third kappa shape index (κ3) is 7.48.